The van der Waals surface area contributed by atoms with E-state index in [-0.39, 0.29) is 6.98 Å². The van der Waals surface area contributed by atoms with Crippen LogP contribution in [0.4, 0.5) is 17.1 Å². The monoisotopic (exact) mass is 259 g/mol. The molecule has 1 aliphatic rings. The van der Waals surface area contributed by atoms with Crippen molar-refractivity contribution in [2.75, 3.05) is 16.2 Å². The van der Waals surface area contributed by atoms with Crippen molar-refractivity contribution in [1.82, 2.24) is 0 Å². The van der Waals surface area contributed by atoms with Crippen molar-refractivity contribution in [1.29, 1.82) is 0 Å². The van der Waals surface area contributed by atoms with E-state index in [1.807, 2.05) is 24.3 Å². The molecule has 0 unspecified atom stereocenters. The Morgan fingerprint density at radius 3 is 1.95 bits per heavy atom. The highest BCUT2D eigenvalue weighted by molar-refractivity contribution is 6.80. The van der Waals surface area contributed by atoms with Crippen LogP contribution in [0.15, 0.2) is 60.7 Å². The fourth-order valence-corrected chi connectivity index (χ4v) is 2.78. The molecule has 0 saturated carbocycles. The number of anilines is 3. The van der Waals surface area contributed by atoms with Crippen molar-refractivity contribution >= 4 is 40.3 Å². The molecule has 4 N–H and O–H groups in total. The number of nitrogen functional groups attached to an aromatic ring is 1. The molecule has 4 heteroatoms. The first kappa shape index (κ1) is 11.2. The van der Waals surface area contributed by atoms with Gasteiger partial charge in [-0.1, -0.05) is 36.4 Å². The van der Waals surface area contributed by atoms with Crippen LogP contribution in [0.3, 0.4) is 0 Å². The Bertz CT molecular complexity index is 743. The third-order valence-electron chi connectivity index (χ3n) is 3.77. The molecule has 0 saturated heterocycles. The van der Waals surface area contributed by atoms with Gasteiger partial charge in [-0.25, -0.2) is 0 Å². The van der Waals surface area contributed by atoms with E-state index in [2.05, 4.69) is 46.9 Å². The molecule has 0 atom stereocenters. The van der Waals surface area contributed by atoms with Gasteiger partial charge in [0.05, 0.1) is 0 Å². The minimum Gasteiger partial charge on any atom is -0.405 e. The second-order valence-electron chi connectivity index (χ2n) is 5.10. The van der Waals surface area contributed by atoms with Gasteiger partial charge >= 0.3 is 6.98 Å². The SMILES string of the molecule is Nc1ccc(B2Nc3cccc4cccc(c34)N2)cc1. The quantitative estimate of drug-likeness (QED) is 0.465. The second-order valence-corrected chi connectivity index (χ2v) is 5.10. The van der Waals surface area contributed by atoms with Gasteiger partial charge in [0.2, 0.25) is 0 Å². The number of hydrogen-bond acceptors (Lipinski definition) is 3. The van der Waals surface area contributed by atoms with Crippen LogP contribution >= 0.6 is 0 Å². The molecule has 0 aromatic heterocycles. The lowest BCUT2D eigenvalue weighted by Gasteiger charge is -2.26. The number of rotatable bonds is 1. The van der Waals surface area contributed by atoms with Crippen molar-refractivity contribution < 1.29 is 0 Å². The Balaban J connectivity index is 1.81. The predicted octanol–water partition coefficient (Wildman–Crippen LogP) is 2.65. The van der Waals surface area contributed by atoms with Gasteiger partial charge in [0, 0.05) is 22.4 Å². The molecule has 96 valence electrons. The summed E-state index contributed by atoms with van der Waals surface area (Å²) >= 11 is 0. The van der Waals surface area contributed by atoms with Crippen molar-refractivity contribution in [3.8, 4) is 0 Å². The molecule has 0 fully saturated rings. The lowest BCUT2D eigenvalue weighted by molar-refractivity contribution is 1.60. The van der Waals surface area contributed by atoms with Crippen LogP contribution in [0.1, 0.15) is 0 Å². The molecule has 0 radical (unpaired) electrons. The Hall–Kier alpha value is -2.62. The first-order valence-corrected chi connectivity index (χ1v) is 6.71. The van der Waals surface area contributed by atoms with Gasteiger partial charge in [-0.2, -0.15) is 0 Å². The highest BCUT2D eigenvalue weighted by Gasteiger charge is 2.24. The van der Waals surface area contributed by atoms with Gasteiger partial charge in [-0.15, -0.1) is 0 Å². The van der Waals surface area contributed by atoms with E-state index in [0.717, 1.165) is 5.69 Å². The average molecular weight is 259 g/mol. The highest BCUT2D eigenvalue weighted by Crippen LogP contribution is 2.33. The molecule has 0 bridgehead atoms. The largest absolute Gasteiger partial charge is 0.406 e. The normalized spacial score (nSPS) is 12.9. The minimum absolute atomic E-state index is 0.0658. The third-order valence-corrected chi connectivity index (χ3v) is 3.77. The maximum absolute atomic E-state index is 5.75. The van der Waals surface area contributed by atoms with Crippen molar-refractivity contribution in [2.24, 2.45) is 0 Å². The van der Waals surface area contributed by atoms with Gasteiger partial charge in [-0.3, -0.25) is 0 Å². The summed E-state index contributed by atoms with van der Waals surface area (Å²) in [6.07, 6.45) is 0. The third kappa shape index (κ3) is 1.69. The summed E-state index contributed by atoms with van der Waals surface area (Å²) in [5.74, 6) is 0. The molecule has 20 heavy (non-hydrogen) atoms. The van der Waals surface area contributed by atoms with Crippen LogP contribution in [-0.2, 0) is 0 Å². The van der Waals surface area contributed by atoms with E-state index in [4.69, 9.17) is 5.73 Å². The molecular formula is C16H14BN3. The first-order valence-electron chi connectivity index (χ1n) is 6.71. The first-order chi connectivity index (χ1) is 9.81. The molecule has 1 heterocycles. The smallest absolute Gasteiger partial charge is 0.405 e. The van der Waals surface area contributed by atoms with Gasteiger partial charge < -0.3 is 16.2 Å². The van der Waals surface area contributed by atoms with Gasteiger partial charge in [0.25, 0.3) is 0 Å². The van der Waals surface area contributed by atoms with Gasteiger partial charge in [0.15, 0.2) is 0 Å². The van der Waals surface area contributed by atoms with Crippen LogP contribution in [-0.4, -0.2) is 6.98 Å². The molecule has 3 nitrogen and oxygen atoms in total. The van der Waals surface area contributed by atoms with Crippen LogP contribution in [0, 0.1) is 0 Å². The molecule has 1 aliphatic heterocycles. The minimum atomic E-state index is 0.0658. The van der Waals surface area contributed by atoms with Gasteiger partial charge in [-0.05, 0) is 35.1 Å². The molecular weight excluding hydrogens is 245 g/mol. The van der Waals surface area contributed by atoms with Crippen LogP contribution in [0.5, 0.6) is 0 Å². The van der Waals surface area contributed by atoms with Gasteiger partial charge in [0.1, 0.15) is 0 Å². The van der Waals surface area contributed by atoms with E-state index in [0.29, 0.717) is 0 Å². The zero-order valence-corrected chi connectivity index (χ0v) is 10.9. The predicted molar refractivity (Wildman–Crippen MR) is 87.4 cm³/mol. The van der Waals surface area contributed by atoms with E-state index >= 15 is 0 Å². The number of nitrogens with one attached hydrogen (secondary N) is 2. The molecule has 3 aromatic carbocycles. The number of benzene rings is 3. The zero-order chi connectivity index (χ0) is 13.5. The van der Waals surface area contributed by atoms with Crippen LogP contribution in [0.25, 0.3) is 10.8 Å². The zero-order valence-electron chi connectivity index (χ0n) is 10.9. The Labute approximate surface area is 117 Å². The summed E-state index contributed by atoms with van der Waals surface area (Å²) in [6.45, 7) is 0.0658. The fraction of sp³-hybridized carbons (Fsp3) is 0. The fourth-order valence-electron chi connectivity index (χ4n) is 2.78. The topological polar surface area (TPSA) is 50.1 Å². The summed E-state index contributed by atoms with van der Waals surface area (Å²) in [6, 6.07) is 20.6. The Morgan fingerprint density at radius 1 is 0.750 bits per heavy atom. The molecule has 0 aliphatic carbocycles. The standard InChI is InChI=1S/C16H14BN3/c18-13-9-7-12(8-10-13)17-19-14-5-1-3-11-4-2-6-15(20-17)16(11)14/h1-10,19-20H,18H2. The number of nitrogens with two attached hydrogens (primary N) is 1. The summed E-state index contributed by atoms with van der Waals surface area (Å²) in [4.78, 5) is 0. The summed E-state index contributed by atoms with van der Waals surface area (Å²) in [7, 11) is 0. The highest BCUT2D eigenvalue weighted by atomic mass is 15.0. The number of hydrogen-bond donors (Lipinski definition) is 3. The molecule has 0 amide bonds. The van der Waals surface area contributed by atoms with Crippen LogP contribution < -0.4 is 21.7 Å². The molecule has 0 spiro atoms. The van der Waals surface area contributed by atoms with E-state index in [1.54, 1.807) is 0 Å². The van der Waals surface area contributed by atoms with Crippen molar-refractivity contribution in [3.05, 3.63) is 60.7 Å². The Morgan fingerprint density at radius 2 is 1.35 bits per heavy atom. The van der Waals surface area contributed by atoms with Crippen LogP contribution in [0.2, 0.25) is 0 Å². The maximum atomic E-state index is 5.75. The van der Waals surface area contributed by atoms with Crippen molar-refractivity contribution in [2.45, 2.75) is 0 Å². The second kappa shape index (κ2) is 4.20. The van der Waals surface area contributed by atoms with E-state index < -0.39 is 0 Å². The summed E-state index contributed by atoms with van der Waals surface area (Å²) < 4.78 is 0. The van der Waals surface area contributed by atoms with Crippen molar-refractivity contribution in [3.63, 3.8) is 0 Å². The summed E-state index contributed by atoms with van der Waals surface area (Å²) in [5, 5.41) is 9.59. The lowest BCUT2D eigenvalue weighted by atomic mass is 9.66. The average Bonchev–Trinajstić information content (AvgIpc) is 2.48. The molecule has 4 rings (SSSR count). The Kier molecular flexibility index (Phi) is 2.36. The lowest BCUT2D eigenvalue weighted by Crippen LogP contribution is -2.47. The summed E-state index contributed by atoms with van der Waals surface area (Å²) in [5.41, 5.74) is 10.0. The maximum Gasteiger partial charge on any atom is 0.406 e. The van der Waals surface area contributed by atoms with E-state index in [1.165, 1.54) is 27.6 Å². The van der Waals surface area contributed by atoms with E-state index in [9.17, 15) is 0 Å². The molecule has 3 aromatic rings.